The van der Waals surface area contributed by atoms with Gasteiger partial charge in [-0.2, -0.15) is 0 Å². The normalized spacial score (nSPS) is 12.1. The molecule has 0 fully saturated rings. The zero-order valence-corrected chi connectivity index (χ0v) is 17.7. The number of hydrogen-bond acceptors (Lipinski definition) is 5. The highest BCUT2D eigenvalue weighted by molar-refractivity contribution is 5.35. The number of non-ortho nitro benzene ring substituents is 1. The molecule has 0 saturated heterocycles. The van der Waals surface area contributed by atoms with Crippen molar-refractivity contribution >= 4 is 5.69 Å². The van der Waals surface area contributed by atoms with Crippen LogP contribution in [-0.4, -0.2) is 36.6 Å². The van der Waals surface area contributed by atoms with Gasteiger partial charge in [-0.25, -0.2) is 0 Å². The molecule has 162 valence electrons. The molecule has 3 rings (SSSR count). The van der Waals surface area contributed by atoms with E-state index in [0.717, 1.165) is 24.2 Å². The Balaban J connectivity index is 1.65. The van der Waals surface area contributed by atoms with Crippen molar-refractivity contribution in [2.24, 2.45) is 0 Å². The van der Waals surface area contributed by atoms with Crippen LogP contribution in [-0.2, 0) is 22.6 Å². The largest absolute Gasteiger partial charge is 0.375 e. The quantitative estimate of drug-likeness (QED) is 0.234. The predicted octanol–water partition coefficient (Wildman–Crippen LogP) is 5.00. The van der Waals surface area contributed by atoms with Gasteiger partial charge in [-0.1, -0.05) is 72.8 Å². The Morgan fingerprint density at radius 3 is 2.26 bits per heavy atom. The number of nitrogens with zero attached hydrogens (tertiary/aromatic N) is 2. The van der Waals surface area contributed by atoms with Crippen molar-refractivity contribution in [3.05, 3.63) is 112 Å². The molecule has 6 heteroatoms. The second-order valence-corrected chi connectivity index (χ2v) is 7.34. The lowest BCUT2D eigenvalue weighted by Crippen LogP contribution is -2.32. The molecule has 0 aliphatic heterocycles. The molecule has 0 N–H and O–H groups in total. The van der Waals surface area contributed by atoms with Gasteiger partial charge in [0.25, 0.3) is 5.69 Å². The molecule has 0 radical (unpaired) electrons. The monoisotopic (exact) mass is 420 g/mol. The van der Waals surface area contributed by atoms with E-state index < -0.39 is 0 Å². The molecule has 0 aromatic heterocycles. The van der Waals surface area contributed by atoms with E-state index in [4.69, 9.17) is 9.47 Å². The average molecular weight is 421 g/mol. The molecular formula is C25H28N2O4. The first-order valence-electron chi connectivity index (χ1n) is 10.3. The molecule has 0 unspecified atom stereocenters. The van der Waals surface area contributed by atoms with Crippen LogP contribution in [0.25, 0.3) is 0 Å². The summed E-state index contributed by atoms with van der Waals surface area (Å²) >= 11 is 0. The molecule has 0 aliphatic carbocycles. The van der Waals surface area contributed by atoms with E-state index in [1.54, 1.807) is 19.2 Å². The third-order valence-corrected chi connectivity index (χ3v) is 5.07. The summed E-state index contributed by atoms with van der Waals surface area (Å²) < 4.78 is 11.6. The summed E-state index contributed by atoms with van der Waals surface area (Å²) in [6.45, 7) is 3.20. The number of ether oxygens (including phenoxy) is 2. The van der Waals surface area contributed by atoms with Gasteiger partial charge >= 0.3 is 0 Å². The second kappa shape index (κ2) is 12.0. The van der Waals surface area contributed by atoms with Gasteiger partial charge in [0.15, 0.2) is 0 Å². The minimum atomic E-state index is -0.380. The zero-order chi connectivity index (χ0) is 21.9. The number of methoxy groups -OCH3 is 1. The maximum absolute atomic E-state index is 11.2. The van der Waals surface area contributed by atoms with Gasteiger partial charge in [-0.15, -0.1) is 0 Å². The number of hydrogen-bond donors (Lipinski definition) is 0. The summed E-state index contributed by atoms with van der Waals surface area (Å²) in [5.74, 6) is 0. The molecule has 0 aliphatic rings. The molecule has 31 heavy (non-hydrogen) atoms. The Hall–Kier alpha value is -3.06. The maximum atomic E-state index is 11.2. The van der Waals surface area contributed by atoms with Crippen molar-refractivity contribution in [3.63, 3.8) is 0 Å². The van der Waals surface area contributed by atoms with Crippen molar-refractivity contribution in [1.82, 2.24) is 4.90 Å². The van der Waals surface area contributed by atoms with Crippen molar-refractivity contribution in [2.45, 2.75) is 19.3 Å². The summed E-state index contributed by atoms with van der Waals surface area (Å²) in [5, 5.41) is 11.2. The topological polar surface area (TPSA) is 64.8 Å². The third kappa shape index (κ3) is 7.29. The fourth-order valence-corrected chi connectivity index (χ4v) is 3.42. The Labute approximate surface area is 183 Å². The lowest BCUT2D eigenvalue weighted by Gasteiger charge is -2.27. The minimum Gasteiger partial charge on any atom is -0.375 e. The van der Waals surface area contributed by atoms with Gasteiger partial charge in [-0.05, 0) is 16.7 Å². The van der Waals surface area contributed by atoms with Crippen LogP contribution in [0.5, 0.6) is 0 Å². The first kappa shape index (κ1) is 22.6. The van der Waals surface area contributed by atoms with E-state index in [2.05, 4.69) is 17.0 Å². The molecule has 0 saturated carbocycles. The maximum Gasteiger partial charge on any atom is 0.269 e. The fourth-order valence-electron chi connectivity index (χ4n) is 3.42. The Morgan fingerprint density at radius 2 is 1.61 bits per heavy atom. The summed E-state index contributed by atoms with van der Waals surface area (Å²) in [4.78, 5) is 13.0. The predicted molar refractivity (Wildman–Crippen MR) is 121 cm³/mol. The summed E-state index contributed by atoms with van der Waals surface area (Å²) in [6.07, 6.45) is -0.280. The van der Waals surface area contributed by atoms with E-state index in [-0.39, 0.29) is 16.7 Å². The number of nitro benzene ring substituents is 1. The smallest absolute Gasteiger partial charge is 0.269 e. The fraction of sp³-hybridized carbons (Fsp3) is 0.280. The van der Waals surface area contributed by atoms with E-state index in [0.29, 0.717) is 19.8 Å². The molecule has 3 aromatic carbocycles. The van der Waals surface area contributed by atoms with Gasteiger partial charge in [0.2, 0.25) is 0 Å². The second-order valence-electron chi connectivity index (χ2n) is 7.34. The van der Waals surface area contributed by atoms with Crippen LogP contribution in [0.4, 0.5) is 5.69 Å². The number of benzene rings is 3. The van der Waals surface area contributed by atoms with Crippen molar-refractivity contribution < 1.29 is 14.4 Å². The van der Waals surface area contributed by atoms with Crippen LogP contribution in [0.1, 0.15) is 22.8 Å². The van der Waals surface area contributed by atoms with Crippen molar-refractivity contribution in [2.75, 3.05) is 26.8 Å². The van der Waals surface area contributed by atoms with Gasteiger partial charge in [-0.3, -0.25) is 15.0 Å². The molecule has 0 bridgehead atoms. The molecule has 0 amide bonds. The highest BCUT2D eigenvalue weighted by Gasteiger charge is 2.18. The van der Waals surface area contributed by atoms with E-state index >= 15 is 0 Å². The van der Waals surface area contributed by atoms with Crippen LogP contribution in [0.15, 0.2) is 84.9 Å². The Morgan fingerprint density at radius 1 is 0.935 bits per heavy atom. The van der Waals surface area contributed by atoms with Crippen LogP contribution in [0, 0.1) is 10.1 Å². The van der Waals surface area contributed by atoms with E-state index in [9.17, 15) is 10.1 Å². The first-order valence-corrected chi connectivity index (χ1v) is 10.3. The molecular weight excluding hydrogens is 392 g/mol. The Bertz CT molecular complexity index is 935. The highest BCUT2D eigenvalue weighted by Crippen LogP contribution is 2.23. The van der Waals surface area contributed by atoms with Crippen molar-refractivity contribution in [3.8, 4) is 0 Å². The summed E-state index contributed by atoms with van der Waals surface area (Å²) in [7, 11) is 1.64. The summed E-state index contributed by atoms with van der Waals surface area (Å²) in [6, 6.07) is 27.0. The lowest BCUT2D eigenvalue weighted by atomic mass is 10.1. The number of nitro groups is 1. The van der Waals surface area contributed by atoms with Crippen molar-refractivity contribution in [1.29, 1.82) is 0 Å². The number of rotatable bonds is 12. The standard InChI is InChI=1S/C25H28N2O4/c1-30-25(23-13-8-14-24(17-23)27(28)29)19-26(18-21-9-4-2-5-10-21)15-16-31-20-22-11-6-3-7-12-22/h2-14,17,25H,15-16,18-20H2,1H3/t25-/m0/s1. The molecule has 1 atom stereocenters. The minimum absolute atomic E-state index is 0.0698. The van der Waals surface area contributed by atoms with Gasteiger partial charge in [0, 0.05) is 38.9 Å². The zero-order valence-electron chi connectivity index (χ0n) is 17.7. The van der Waals surface area contributed by atoms with Crippen LogP contribution in [0.2, 0.25) is 0 Å². The van der Waals surface area contributed by atoms with E-state index in [1.165, 1.54) is 11.6 Å². The van der Waals surface area contributed by atoms with E-state index in [1.807, 2.05) is 54.6 Å². The van der Waals surface area contributed by atoms with Crippen LogP contribution >= 0.6 is 0 Å². The average Bonchev–Trinajstić information content (AvgIpc) is 2.81. The molecule has 6 nitrogen and oxygen atoms in total. The molecule has 0 spiro atoms. The summed E-state index contributed by atoms with van der Waals surface area (Å²) in [5.41, 5.74) is 3.20. The molecule has 0 heterocycles. The van der Waals surface area contributed by atoms with Crippen LogP contribution < -0.4 is 0 Å². The molecule has 3 aromatic rings. The van der Waals surface area contributed by atoms with Gasteiger partial charge in [0.1, 0.15) is 0 Å². The Kier molecular flexibility index (Phi) is 8.72. The SMILES string of the molecule is CO[C@@H](CN(CCOCc1ccccc1)Cc1ccccc1)c1cccc([N+](=O)[O-])c1. The first-order chi connectivity index (χ1) is 15.2. The third-order valence-electron chi connectivity index (χ3n) is 5.07. The van der Waals surface area contributed by atoms with Gasteiger partial charge in [0.05, 0.1) is 24.2 Å². The highest BCUT2D eigenvalue weighted by atomic mass is 16.6. The van der Waals surface area contributed by atoms with Crippen LogP contribution in [0.3, 0.4) is 0 Å². The van der Waals surface area contributed by atoms with Gasteiger partial charge < -0.3 is 9.47 Å². The lowest BCUT2D eigenvalue weighted by molar-refractivity contribution is -0.385.